The number of anilines is 1. The zero-order chi connectivity index (χ0) is 14.7. The Bertz CT molecular complexity index is 644. The Labute approximate surface area is 126 Å². The molecule has 1 aliphatic heterocycles. The van der Waals surface area contributed by atoms with E-state index in [9.17, 15) is 0 Å². The van der Waals surface area contributed by atoms with E-state index in [1.807, 2.05) is 12.1 Å². The van der Waals surface area contributed by atoms with Crippen molar-refractivity contribution in [3.63, 3.8) is 0 Å². The Balaban J connectivity index is 1.63. The van der Waals surface area contributed by atoms with Crippen molar-refractivity contribution in [3.05, 3.63) is 65.7 Å². The van der Waals surface area contributed by atoms with E-state index in [0.717, 1.165) is 30.0 Å². The van der Waals surface area contributed by atoms with Gasteiger partial charge in [-0.15, -0.1) is 0 Å². The predicted octanol–water partition coefficient (Wildman–Crippen LogP) is 4.53. The fourth-order valence-electron chi connectivity index (χ4n) is 2.49. The van der Waals surface area contributed by atoms with E-state index in [1.54, 1.807) is 0 Å². The first-order valence-electron chi connectivity index (χ1n) is 7.42. The van der Waals surface area contributed by atoms with Crippen molar-refractivity contribution >= 4 is 11.8 Å². The van der Waals surface area contributed by atoms with Crippen molar-refractivity contribution in [1.29, 1.82) is 0 Å². The highest BCUT2D eigenvalue weighted by molar-refractivity contribution is 5.66. The molecule has 0 radical (unpaired) electrons. The number of fused-ring (bicyclic) bond motifs is 1. The molecule has 21 heavy (non-hydrogen) atoms. The maximum Gasteiger partial charge on any atom is 0.127 e. The summed E-state index contributed by atoms with van der Waals surface area (Å²) in [6.45, 7) is 5.07. The van der Waals surface area contributed by atoms with E-state index in [1.165, 1.54) is 5.56 Å². The number of hydrogen-bond donors (Lipinski definition) is 1. The minimum atomic E-state index is -0.213. The third-order valence-electron chi connectivity index (χ3n) is 3.63. The second kappa shape index (κ2) is 5.65. The summed E-state index contributed by atoms with van der Waals surface area (Å²) in [6.07, 6.45) is 5.27. The highest BCUT2D eigenvalue weighted by atomic mass is 16.5. The Morgan fingerprint density at radius 1 is 1.05 bits per heavy atom. The van der Waals surface area contributed by atoms with Crippen molar-refractivity contribution in [2.24, 2.45) is 0 Å². The zero-order valence-corrected chi connectivity index (χ0v) is 12.6. The normalized spacial score (nSPS) is 15.1. The summed E-state index contributed by atoms with van der Waals surface area (Å²) in [7, 11) is 0. The van der Waals surface area contributed by atoms with Gasteiger partial charge in [-0.2, -0.15) is 0 Å². The topological polar surface area (TPSA) is 21.3 Å². The molecule has 0 bridgehead atoms. The predicted molar refractivity (Wildman–Crippen MR) is 88.8 cm³/mol. The summed E-state index contributed by atoms with van der Waals surface area (Å²) in [5.41, 5.74) is 3.42. The van der Waals surface area contributed by atoms with Crippen molar-refractivity contribution < 1.29 is 4.74 Å². The van der Waals surface area contributed by atoms with E-state index in [4.69, 9.17) is 4.74 Å². The Morgan fingerprint density at radius 3 is 2.67 bits per heavy atom. The van der Waals surface area contributed by atoms with Crippen molar-refractivity contribution in [2.75, 3.05) is 11.9 Å². The Kier molecular flexibility index (Phi) is 3.70. The first-order valence-corrected chi connectivity index (χ1v) is 7.42. The highest BCUT2D eigenvalue weighted by Gasteiger charge is 2.21. The van der Waals surface area contributed by atoms with Crippen LogP contribution in [0.25, 0.3) is 6.08 Å². The van der Waals surface area contributed by atoms with Crippen LogP contribution in [0, 0.1) is 0 Å². The smallest absolute Gasteiger partial charge is 0.127 e. The average molecular weight is 279 g/mol. The minimum absolute atomic E-state index is 0.213. The van der Waals surface area contributed by atoms with Gasteiger partial charge in [0, 0.05) is 17.8 Å². The van der Waals surface area contributed by atoms with Gasteiger partial charge >= 0.3 is 0 Å². The van der Waals surface area contributed by atoms with Gasteiger partial charge in [0.1, 0.15) is 11.4 Å². The van der Waals surface area contributed by atoms with Gasteiger partial charge in [0.15, 0.2) is 0 Å². The molecule has 2 aromatic carbocycles. The van der Waals surface area contributed by atoms with Gasteiger partial charge in [-0.3, -0.25) is 0 Å². The van der Waals surface area contributed by atoms with Gasteiger partial charge < -0.3 is 10.1 Å². The lowest BCUT2D eigenvalue weighted by Gasteiger charge is -2.28. The molecule has 108 valence electrons. The molecule has 0 saturated carbocycles. The number of hydrogen-bond acceptors (Lipinski definition) is 2. The third-order valence-corrected chi connectivity index (χ3v) is 3.63. The zero-order valence-electron chi connectivity index (χ0n) is 12.6. The van der Waals surface area contributed by atoms with Gasteiger partial charge in [-0.25, -0.2) is 0 Å². The number of benzene rings is 2. The first kappa shape index (κ1) is 13.7. The molecule has 2 heteroatoms. The minimum Gasteiger partial charge on any atom is -0.483 e. The second-order valence-corrected chi connectivity index (χ2v) is 5.95. The summed E-state index contributed by atoms with van der Waals surface area (Å²) in [5, 5.41) is 3.47. The van der Waals surface area contributed by atoms with E-state index < -0.39 is 0 Å². The molecule has 0 atom stereocenters. The molecule has 0 amide bonds. The molecule has 1 heterocycles. The molecule has 0 fully saturated rings. The quantitative estimate of drug-likeness (QED) is 0.888. The van der Waals surface area contributed by atoms with Gasteiger partial charge in [-0.1, -0.05) is 36.4 Å². The summed E-state index contributed by atoms with van der Waals surface area (Å²) in [4.78, 5) is 0. The van der Waals surface area contributed by atoms with Crippen molar-refractivity contribution in [1.82, 2.24) is 0 Å². The lowest BCUT2D eigenvalue weighted by molar-refractivity contribution is 0.159. The van der Waals surface area contributed by atoms with Crippen LogP contribution in [0.1, 0.15) is 25.0 Å². The van der Waals surface area contributed by atoms with E-state index in [2.05, 4.69) is 67.7 Å². The van der Waals surface area contributed by atoms with Gasteiger partial charge in [0.25, 0.3) is 0 Å². The number of ether oxygens (including phenoxy) is 1. The molecule has 0 saturated heterocycles. The summed E-state index contributed by atoms with van der Waals surface area (Å²) in [5.74, 6) is 0.955. The van der Waals surface area contributed by atoms with Crippen LogP contribution in [-0.2, 0) is 6.42 Å². The molecule has 3 rings (SSSR count). The van der Waals surface area contributed by atoms with Crippen LogP contribution in [-0.4, -0.2) is 12.1 Å². The molecule has 0 spiro atoms. The monoisotopic (exact) mass is 279 g/mol. The lowest BCUT2D eigenvalue weighted by atomic mass is 10.0. The van der Waals surface area contributed by atoms with E-state index >= 15 is 0 Å². The summed E-state index contributed by atoms with van der Waals surface area (Å²) >= 11 is 0. The van der Waals surface area contributed by atoms with Crippen LogP contribution < -0.4 is 10.1 Å². The van der Waals surface area contributed by atoms with Crippen molar-refractivity contribution in [2.45, 2.75) is 25.9 Å². The average Bonchev–Trinajstić information content (AvgIpc) is 2.48. The molecule has 1 aliphatic rings. The standard InChI is InChI=1S/C19H21NO/c1-19(2)12-10-16-14-17(8-9-18(16)21-19)20-13-11-15-6-4-3-5-7-15/h3-10,12,14,20H,11,13H2,1-2H3. The highest BCUT2D eigenvalue weighted by Crippen LogP contribution is 2.32. The van der Waals surface area contributed by atoms with Crippen LogP contribution in [0.4, 0.5) is 5.69 Å². The van der Waals surface area contributed by atoms with Gasteiger partial charge in [0.05, 0.1) is 0 Å². The van der Waals surface area contributed by atoms with E-state index in [0.29, 0.717) is 0 Å². The molecular weight excluding hydrogens is 258 g/mol. The van der Waals surface area contributed by atoms with Crippen LogP contribution in [0.15, 0.2) is 54.6 Å². The van der Waals surface area contributed by atoms with Crippen LogP contribution >= 0.6 is 0 Å². The largest absolute Gasteiger partial charge is 0.483 e. The van der Waals surface area contributed by atoms with E-state index in [-0.39, 0.29) is 5.60 Å². The summed E-state index contributed by atoms with van der Waals surface area (Å²) < 4.78 is 5.93. The summed E-state index contributed by atoms with van der Waals surface area (Å²) in [6, 6.07) is 16.8. The number of nitrogens with one attached hydrogen (secondary N) is 1. The molecule has 0 aromatic heterocycles. The van der Waals surface area contributed by atoms with Crippen LogP contribution in [0.5, 0.6) is 5.75 Å². The van der Waals surface area contributed by atoms with Crippen LogP contribution in [0.3, 0.4) is 0 Å². The SMILES string of the molecule is CC1(C)C=Cc2cc(NCCc3ccccc3)ccc2O1. The number of rotatable bonds is 4. The van der Waals surface area contributed by atoms with Gasteiger partial charge in [-0.05, 0) is 50.1 Å². The third kappa shape index (κ3) is 3.46. The lowest BCUT2D eigenvalue weighted by Crippen LogP contribution is -2.27. The first-order chi connectivity index (χ1) is 10.1. The van der Waals surface area contributed by atoms with Crippen LogP contribution in [0.2, 0.25) is 0 Å². The van der Waals surface area contributed by atoms with Gasteiger partial charge in [0.2, 0.25) is 0 Å². The molecule has 2 aromatic rings. The fraction of sp³-hybridized carbons (Fsp3) is 0.263. The molecule has 0 unspecified atom stereocenters. The maximum atomic E-state index is 5.93. The second-order valence-electron chi connectivity index (χ2n) is 5.95. The Hall–Kier alpha value is -2.22. The Morgan fingerprint density at radius 2 is 1.86 bits per heavy atom. The molecule has 0 aliphatic carbocycles. The van der Waals surface area contributed by atoms with Crippen molar-refractivity contribution in [3.8, 4) is 5.75 Å². The molecule has 2 nitrogen and oxygen atoms in total. The fourth-order valence-corrected chi connectivity index (χ4v) is 2.49. The maximum absolute atomic E-state index is 5.93. The molecular formula is C19H21NO. The molecule has 1 N–H and O–H groups in total.